The minimum atomic E-state index is -0.142. The highest BCUT2D eigenvalue weighted by molar-refractivity contribution is 5.92. The van der Waals surface area contributed by atoms with Crippen LogP contribution in [0.2, 0.25) is 0 Å². The maximum Gasteiger partial charge on any atom is 0.270 e. The van der Waals surface area contributed by atoms with Crippen molar-refractivity contribution in [2.24, 2.45) is 0 Å². The van der Waals surface area contributed by atoms with Gasteiger partial charge >= 0.3 is 0 Å². The molecule has 3 rings (SSSR count). The van der Waals surface area contributed by atoms with E-state index in [1.165, 1.54) is 6.20 Å². The normalized spacial score (nSPS) is 15.5. The lowest BCUT2D eigenvalue weighted by Crippen LogP contribution is -2.45. The van der Waals surface area contributed by atoms with Gasteiger partial charge in [0.05, 0.1) is 11.9 Å². The van der Waals surface area contributed by atoms with Gasteiger partial charge in [-0.3, -0.25) is 4.79 Å². The van der Waals surface area contributed by atoms with Crippen LogP contribution in [0, 0.1) is 0 Å². The van der Waals surface area contributed by atoms with Gasteiger partial charge in [-0.15, -0.1) is 0 Å². The number of piperidine rings is 1. The molecular weight excluding hydrogens is 278 g/mol. The van der Waals surface area contributed by atoms with E-state index in [2.05, 4.69) is 20.2 Å². The number of nitrogens with zero attached hydrogens (tertiary/aromatic N) is 3. The third-order valence-electron chi connectivity index (χ3n) is 3.82. The summed E-state index contributed by atoms with van der Waals surface area (Å²) in [5.74, 6) is 0.851. The SMILES string of the molecule is Nc1ccc(C(=O)NC2CCN(c3ccccn3)CC2)nc1. The van der Waals surface area contributed by atoms with Gasteiger partial charge in [-0.2, -0.15) is 0 Å². The number of aromatic nitrogens is 2. The highest BCUT2D eigenvalue weighted by atomic mass is 16.1. The topological polar surface area (TPSA) is 84.1 Å². The Labute approximate surface area is 129 Å². The number of nitrogen functional groups attached to an aromatic ring is 1. The zero-order valence-electron chi connectivity index (χ0n) is 12.3. The van der Waals surface area contributed by atoms with Gasteiger partial charge in [0.1, 0.15) is 11.5 Å². The Kier molecular flexibility index (Phi) is 4.18. The van der Waals surface area contributed by atoms with Crippen molar-refractivity contribution in [2.45, 2.75) is 18.9 Å². The molecule has 0 atom stereocenters. The Bertz CT molecular complexity index is 621. The van der Waals surface area contributed by atoms with Crippen LogP contribution in [0.1, 0.15) is 23.3 Å². The number of amides is 1. The number of rotatable bonds is 3. The number of pyridine rings is 2. The van der Waals surface area contributed by atoms with E-state index in [0.717, 1.165) is 31.7 Å². The van der Waals surface area contributed by atoms with Crippen molar-refractivity contribution >= 4 is 17.4 Å². The Hall–Kier alpha value is -2.63. The largest absolute Gasteiger partial charge is 0.397 e. The summed E-state index contributed by atoms with van der Waals surface area (Å²) < 4.78 is 0. The predicted molar refractivity (Wildman–Crippen MR) is 85.6 cm³/mol. The first-order valence-corrected chi connectivity index (χ1v) is 7.41. The molecule has 114 valence electrons. The van der Waals surface area contributed by atoms with Crippen LogP contribution in [0.25, 0.3) is 0 Å². The van der Waals surface area contributed by atoms with Gasteiger partial charge in [-0.05, 0) is 37.1 Å². The standard InChI is InChI=1S/C16H19N5O/c17-12-4-5-14(19-11-12)16(22)20-13-6-9-21(10-7-13)15-3-1-2-8-18-15/h1-5,8,11,13H,6-7,9-10,17H2,(H,20,22). The molecule has 1 saturated heterocycles. The molecule has 0 saturated carbocycles. The zero-order valence-corrected chi connectivity index (χ0v) is 12.3. The Morgan fingerprint density at radius 3 is 2.64 bits per heavy atom. The van der Waals surface area contributed by atoms with Gasteiger partial charge in [0.2, 0.25) is 0 Å². The lowest BCUT2D eigenvalue weighted by Gasteiger charge is -2.33. The summed E-state index contributed by atoms with van der Waals surface area (Å²) in [6.07, 6.45) is 5.10. The lowest BCUT2D eigenvalue weighted by molar-refractivity contribution is 0.0926. The van der Waals surface area contributed by atoms with Crippen LogP contribution in [-0.4, -0.2) is 35.0 Å². The summed E-state index contributed by atoms with van der Waals surface area (Å²) in [6.45, 7) is 1.77. The van der Waals surface area contributed by atoms with E-state index in [4.69, 9.17) is 5.73 Å². The van der Waals surface area contributed by atoms with Crippen LogP contribution >= 0.6 is 0 Å². The molecule has 3 heterocycles. The molecule has 1 aliphatic rings. The third-order valence-corrected chi connectivity index (χ3v) is 3.82. The Morgan fingerprint density at radius 1 is 1.18 bits per heavy atom. The molecule has 6 nitrogen and oxygen atoms in total. The first kappa shape index (κ1) is 14.3. The molecule has 2 aromatic heterocycles. The molecule has 2 aromatic rings. The second-order valence-corrected chi connectivity index (χ2v) is 5.40. The van der Waals surface area contributed by atoms with Gasteiger partial charge in [0, 0.05) is 25.3 Å². The molecule has 22 heavy (non-hydrogen) atoms. The van der Waals surface area contributed by atoms with Crippen molar-refractivity contribution < 1.29 is 4.79 Å². The molecule has 1 aliphatic heterocycles. The number of carbonyl (C=O) groups excluding carboxylic acids is 1. The van der Waals surface area contributed by atoms with Crippen molar-refractivity contribution in [1.29, 1.82) is 0 Å². The molecular formula is C16H19N5O. The van der Waals surface area contributed by atoms with Gasteiger partial charge in [0.15, 0.2) is 0 Å². The van der Waals surface area contributed by atoms with Crippen LogP contribution in [0.3, 0.4) is 0 Å². The molecule has 3 N–H and O–H groups in total. The van der Waals surface area contributed by atoms with Gasteiger partial charge in [-0.25, -0.2) is 9.97 Å². The van der Waals surface area contributed by atoms with E-state index in [9.17, 15) is 4.79 Å². The maximum absolute atomic E-state index is 12.1. The summed E-state index contributed by atoms with van der Waals surface area (Å²) >= 11 is 0. The number of nitrogens with one attached hydrogen (secondary N) is 1. The van der Waals surface area contributed by atoms with Crippen LogP contribution in [-0.2, 0) is 0 Å². The van der Waals surface area contributed by atoms with E-state index in [1.807, 2.05) is 18.2 Å². The van der Waals surface area contributed by atoms with Gasteiger partial charge in [0.25, 0.3) is 5.91 Å². The van der Waals surface area contributed by atoms with E-state index in [-0.39, 0.29) is 11.9 Å². The molecule has 0 radical (unpaired) electrons. The van der Waals surface area contributed by atoms with E-state index in [0.29, 0.717) is 11.4 Å². The quantitative estimate of drug-likeness (QED) is 0.896. The van der Waals surface area contributed by atoms with Gasteiger partial charge in [-0.1, -0.05) is 6.07 Å². The van der Waals surface area contributed by atoms with E-state index in [1.54, 1.807) is 18.3 Å². The van der Waals surface area contributed by atoms with E-state index < -0.39 is 0 Å². The molecule has 0 spiro atoms. The predicted octanol–water partition coefficient (Wildman–Crippen LogP) is 1.46. The molecule has 1 amide bonds. The number of hydrogen-bond acceptors (Lipinski definition) is 5. The fourth-order valence-electron chi connectivity index (χ4n) is 2.59. The van der Waals surface area contributed by atoms with Crippen molar-refractivity contribution in [3.8, 4) is 0 Å². The minimum absolute atomic E-state index is 0.142. The molecule has 0 bridgehead atoms. The number of carbonyl (C=O) groups is 1. The minimum Gasteiger partial charge on any atom is -0.397 e. The summed E-state index contributed by atoms with van der Waals surface area (Å²) in [6, 6.07) is 9.42. The second kappa shape index (κ2) is 6.43. The molecule has 0 aliphatic carbocycles. The number of nitrogens with two attached hydrogens (primary N) is 1. The molecule has 0 aromatic carbocycles. The molecule has 0 unspecified atom stereocenters. The van der Waals surface area contributed by atoms with E-state index >= 15 is 0 Å². The zero-order chi connectivity index (χ0) is 15.4. The van der Waals surface area contributed by atoms with Crippen LogP contribution in [0.4, 0.5) is 11.5 Å². The van der Waals surface area contributed by atoms with Gasteiger partial charge < -0.3 is 16.0 Å². The highest BCUT2D eigenvalue weighted by Gasteiger charge is 2.22. The van der Waals surface area contributed by atoms with Crippen molar-refractivity contribution in [3.63, 3.8) is 0 Å². The average molecular weight is 297 g/mol. The lowest BCUT2D eigenvalue weighted by atomic mass is 10.0. The summed E-state index contributed by atoms with van der Waals surface area (Å²) in [7, 11) is 0. The number of hydrogen-bond donors (Lipinski definition) is 2. The maximum atomic E-state index is 12.1. The fourth-order valence-corrected chi connectivity index (χ4v) is 2.59. The van der Waals surface area contributed by atoms with Crippen LogP contribution < -0.4 is 16.0 Å². The monoisotopic (exact) mass is 297 g/mol. The number of anilines is 2. The van der Waals surface area contributed by atoms with Crippen molar-refractivity contribution in [3.05, 3.63) is 48.4 Å². The van der Waals surface area contributed by atoms with Crippen LogP contribution in [0.15, 0.2) is 42.7 Å². The molecule has 1 fully saturated rings. The van der Waals surface area contributed by atoms with Crippen LogP contribution in [0.5, 0.6) is 0 Å². The highest BCUT2D eigenvalue weighted by Crippen LogP contribution is 2.17. The van der Waals surface area contributed by atoms with Crippen molar-refractivity contribution in [2.75, 3.05) is 23.7 Å². The Morgan fingerprint density at radius 2 is 2.00 bits per heavy atom. The summed E-state index contributed by atoms with van der Waals surface area (Å²) in [4.78, 5) is 22.8. The smallest absolute Gasteiger partial charge is 0.270 e. The average Bonchev–Trinajstić information content (AvgIpc) is 2.57. The Balaban J connectivity index is 1.53. The summed E-state index contributed by atoms with van der Waals surface area (Å²) in [5.41, 5.74) is 6.54. The summed E-state index contributed by atoms with van der Waals surface area (Å²) in [5, 5.41) is 3.04. The fraction of sp³-hybridized carbons (Fsp3) is 0.312. The first-order valence-electron chi connectivity index (χ1n) is 7.41. The second-order valence-electron chi connectivity index (χ2n) is 5.40. The van der Waals surface area contributed by atoms with Crippen molar-refractivity contribution in [1.82, 2.24) is 15.3 Å². The first-order chi connectivity index (χ1) is 10.7. The third kappa shape index (κ3) is 3.33. The molecule has 6 heteroatoms.